The molecule has 6 atom stereocenters. The molecule has 172 valence electrons. The minimum absolute atomic E-state index is 0.000308. The van der Waals surface area contributed by atoms with Gasteiger partial charge >= 0.3 is 0 Å². The Balaban J connectivity index is 1.32. The van der Waals surface area contributed by atoms with Crippen LogP contribution in [0.4, 0.5) is 17.3 Å². The molecule has 8 aliphatic heterocycles. The van der Waals surface area contributed by atoms with E-state index < -0.39 is 16.4 Å². The van der Waals surface area contributed by atoms with Crippen LogP contribution in [0.2, 0.25) is 0 Å². The van der Waals surface area contributed by atoms with Crippen LogP contribution in [-0.4, -0.2) is 64.2 Å². The molecular formula is C22H23N5O6. The summed E-state index contributed by atoms with van der Waals surface area (Å²) in [7, 11) is 0. The van der Waals surface area contributed by atoms with E-state index >= 15 is 0 Å². The van der Waals surface area contributed by atoms with Gasteiger partial charge in [-0.15, -0.1) is 0 Å². The number of piperidine rings is 2. The highest BCUT2D eigenvalue weighted by molar-refractivity contribution is 5.83. The summed E-state index contributed by atoms with van der Waals surface area (Å²) in [5.41, 5.74) is 0.0672. The van der Waals surface area contributed by atoms with E-state index in [-0.39, 0.29) is 30.5 Å². The number of nitro benzene ring substituents is 1. The Morgan fingerprint density at radius 1 is 0.909 bits per heavy atom. The number of benzene rings is 1. The molecule has 0 amide bonds. The van der Waals surface area contributed by atoms with Crippen LogP contribution in [0.3, 0.4) is 0 Å². The van der Waals surface area contributed by atoms with Gasteiger partial charge in [-0.3, -0.25) is 10.1 Å². The minimum Gasteiger partial charge on any atom is -0.344 e. The first-order valence-corrected chi connectivity index (χ1v) is 11.7. The van der Waals surface area contributed by atoms with Gasteiger partial charge in [0.05, 0.1) is 16.0 Å². The fourth-order valence-corrected chi connectivity index (χ4v) is 6.66. The lowest BCUT2D eigenvalue weighted by Crippen LogP contribution is -2.65. The fourth-order valence-electron chi connectivity index (χ4n) is 6.66. The fraction of sp³-hybridized carbons (Fsp3) is 0.636. The number of non-ortho nitro benzene ring substituents is 1. The molecule has 2 spiro atoms. The highest BCUT2D eigenvalue weighted by Crippen LogP contribution is 2.57. The summed E-state index contributed by atoms with van der Waals surface area (Å²) >= 11 is 0. The van der Waals surface area contributed by atoms with Gasteiger partial charge in [0.2, 0.25) is 0 Å². The maximum Gasteiger partial charge on any atom is 0.271 e. The lowest BCUT2D eigenvalue weighted by Gasteiger charge is -2.53. The van der Waals surface area contributed by atoms with Crippen LogP contribution in [0.5, 0.6) is 0 Å². The standard InChI is InChI=1S/C22H23N5O6/c28-27(29)12-5-6-13-14(9-12)24-20(26-8-2-4-16-22(26)11-18(31-16)33-22)19(23-13)25-7-1-3-15-21(25)10-17(30-15)32-21/h5-6,9,15-18H,1-4,7-8,10-11H2. The molecular weight excluding hydrogens is 430 g/mol. The molecule has 33 heavy (non-hydrogen) atoms. The van der Waals surface area contributed by atoms with Gasteiger partial charge in [0.15, 0.2) is 35.7 Å². The third-order valence-electron chi connectivity index (χ3n) is 8.17. The first kappa shape index (κ1) is 18.8. The van der Waals surface area contributed by atoms with Crippen molar-refractivity contribution in [2.75, 3.05) is 22.9 Å². The van der Waals surface area contributed by atoms with E-state index in [1.807, 2.05) is 0 Å². The maximum atomic E-state index is 11.4. The molecule has 1 aromatic carbocycles. The normalized spacial score (nSPS) is 40.2. The zero-order valence-corrected chi connectivity index (χ0v) is 17.9. The van der Waals surface area contributed by atoms with Crippen LogP contribution in [0.25, 0.3) is 11.0 Å². The van der Waals surface area contributed by atoms with Crippen molar-refractivity contribution in [3.8, 4) is 0 Å². The van der Waals surface area contributed by atoms with E-state index in [1.54, 1.807) is 6.07 Å². The number of fused-ring (bicyclic) bond motifs is 1. The number of nitrogens with zero attached hydrogens (tertiary/aromatic N) is 5. The largest absolute Gasteiger partial charge is 0.344 e. The predicted molar refractivity (Wildman–Crippen MR) is 114 cm³/mol. The van der Waals surface area contributed by atoms with Gasteiger partial charge in [-0.1, -0.05) is 0 Å². The average molecular weight is 453 g/mol. The first-order chi connectivity index (χ1) is 16.1. The van der Waals surface area contributed by atoms with Gasteiger partial charge < -0.3 is 28.7 Å². The van der Waals surface area contributed by atoms with E-state index in [9.17, 15) is 10.1 Å². The summed E-state index contributed by atoms with van der Waals surface area (Å²) in [5, 5.41) is 11.4. The van der Waals surface area contributed by atoms with E-state index in [2.05, 4.69) is 9.80 Å². The van der Waals surface area contributed by atoms with Crippen LogP contribution in [-0.2, 0) is 18.9 Å². The van der Waals surface area contributed by atoms with Gasteiger partial charge in [-0.05, 0) is 31.7 Å². The molecule has 0 radical (unpaired) electrons. The van der Waals surface area contributed by atoms with Gasteiger partial charge in [0.1, 0.15) is 12.2 Å². The number of hydrogen-bond donors (Lipinski definition) is 0. The second kappa shape index (κ2) is 6.09. The Morgan fingerprint density at radius 2 is 1.45 bits per heavy atom. The Hall–Kier alpha value is -2.60. The molecule has 8 fully saturated rings. The smallest absolute Gasteiger partial charge is 0.271 e. The van der Waals surface area contributed by atoms with E-state index in [1.165, 1.54) is 12.1 Å². The van der Waals surface area contributed by atoms with Crippen molar-refractivity contribution in [1.29, 1.82) is 0 Å². The highest BCUT2D eigenvalue weighted by atomic mass is 16.8. The second-order valence-corrected chi connectivity index (χ2v) is 9.83. The molecule has 6 unspecified atom stereocenters. The Labute approximate surface area is 188 Å². The summed E-state index contributed by atoms with van der Waals surface area (Å²) in [6, 6.07) is 4.65. The number of anilines is 2. The van der Waals surface area contributed by atoms with Crippen molar-refractivity contribution < 1.29 is 23.9 Å². The monoisotopic (exact) mass is 453 g/mol. The summed E-state index contributed by atoms with van der Waals surface area (Å²) in [6.07, 6.45) is 5.14. The van der Waals surface area contributed by atoms with Crippen molar-refractivity contribution in [3.63, 3.8) is 0 Å². The Kier molecular flexibility index (Phi) is 3.47. The molecule has 0 N–H and O–H groups in total. The molecule has 0 saturated carbocycles. The van der Waals surface area contributed by atoms with Gasteiger partial charge in [-0.25, -0.2) is 9.97 Å². The highest BCUT2D eigenvalue weighted by Gasteiger charge is 2.68. The third kappa shape index (κ3) is 2.28. The lowest BCUT2D eigenvalue weighted by atomic mass is 9.89. The summed E-state index contributed by atoms with van der Waals surface area (Å²) in [6.45, 7) is 1.55. The molecule has 8 saturated heterocycles. The van der Waals surface area contributed by atoms with Gasteiger partial charge in [0.25, 0.3) is 5.69 Å². The minimum atomic E-state index is -0.539. The van der Waals surface area contributed by atoms with E-state index in [4.69, 9.17) is 28.9 Å². The molecule has 0 aliphatic carbocycles. The SMILES string of the molecule is O=[N+]([O-])c1ccc2nc(N3CCCC4OC5CC43O5)c(N3CCCC4OC5CC43O5)nc2c1. The zero-order valence-electron chi connectivity index (χ0n) is 17.9. The molecule has 1 aromatic heterocycles. The summed E-state index contributed by atoms with van der Waals surface area (Å²) in [4.78, 5) is 25.4. The zero-order chi connectivity index (χ0) is 21.9. The number of rotatable bonds is 3. The number of nitro groups is 1. The number of ether oxygens (including phenoxy) is 4. The van der Waals surface area contributed by atoms with Crippen LogP contribution >= 0.6 is 0 Å². The maximum absolute atomic E-state index is 11.4. The van der Waals surface area contributed by atoms with Crippen LogP contribution < -0.4 is 9.80 Å². The quantitative estimate of drug-likeness (QED) is 0.507. The topological polar surface area (TPSA) is 112 Å². The van der Waals surface area contributed by atoms with Crippen LogP contribution in [0, 0.1) is 10.1 Å². The molecule has 2 aromatic rings. The molecule has 11 nitrogen and oxygen atoms in total. The van der Waals surface area contributed by atoms with Gasteiger partial charge in [-0.2, -0.15) is 0 Å². The average Bonchev–Trinajstić information content (AvgIpc) is 3.52. The molecule has 10 rings (SSSR count). The van der Waals surface area contributed by atoms with Crippen molar-refractivity contribution >= 4 is 28.4 Å². The Morgan fingerprint density at radius 3 is 2.00 bits per heavy atom. The predicted octanol–water partition coefficient (Wildman–Crippen LogP) is 2.42. The van der Waals surface area contributed by atoms with Crippen molar-refractivity contribution in [2.45, 2.75) is 74.8 Å². The molecule has 8 aliphatic rings. The summed E-state index contributed by atoms with van der Waals surface area (Å²) in [5.74, 6) is 1.42. The third-order valence-corrected chi connectivity index (χ3v) is 8.17. The summed E-state index contributed by atoms with van der Waals surface area (Å²) < 4.78 is 24.5. The number of aromatic nitrogens is 2. The molecule has 9 heterocycles. The van der Waals surface area contributed by atoms with E-state index in [0.29, 0.717) is 16.9 Å². The Bertz CT molecular complexity index is 1200. The number of hydrogen-bond acceptors (Lipinski definition) is 10. The first-order valence-electron chi connectivity index (χ1n) is 11.7. The van der Waals surface area contributed by atoms with Crippen LogP contribution in [0.15, 0.2) is 18.2 Å². The lowest BCUT2D eigenvalue weighted by molar-refractivity contribution is -0.384. The van der Waals surface area contributed by atoms with E-state index in [0.717, 1.165) is 57.4 Å². The van der Waals surface area contributed by atoms with Crippen LogP contribution in [0.1, 0.15) is 38.5 Å². The molecule has 4 bridgehead atoms. The van der Waals surface area contributed by atoms with Gasteiger partial charge in [0, 0.05) is 38.1 Å². The molecule has 11 heteroatoms. The van der Waals surface area contributed by atoms with Crippen molar-refractivity contribution in [3.05, 3.63) is 28.3 Å². The van der Waals surface area contributed by atoms with Crippen molar-refractivity contribution in [2.24, 2.45) is 0 Å². The van der Waals surface area contributed by atoms with Crippen molar-refractivity contribution in [1.82, 2.24) is 9.97 Å². The second-order valence-electron chi connectivity index (χ2n) is 9.83.